The highest BCUT2D eigenvalue weighted by molar-refractivity contribution is 5.92. The molecule has 0 atom stereocenters. The summed E-state index contributed by atoms with van der Waals surface area (Å²) in [5.74, 6) is 0.311. The van der Waals surface area contributed by atoms with Crippen LogP contribution in [0.3, 0.4) is 0 Å². The van der Waals surface area contributed by atoms with Gasteiger partial charge in [0.25, 0.3) is 5.91 Å². The van der Waals surface area contributed by atoms with Crippen LogP contribution >= 0.6 is 12.4 Å². The summed E-state index contributed by atoms with van der Waals surface area (Å²) in [4.78, 5) is 28.4. The summed E-state index contributed by atoms with van der Waals surface area (Å²) in [7, 11) is 0. The lowest BCUT2D eigenvalue weighted by atomic mass is 10.2. The molecule has 9 heteroatoms. The Bertz CT molecular complexity index is 851. The largest absolute Gasteiger partial charge is 0.478 e. The molecular formula is C23H33ClN4O4. The van der Waals surface area contributed by atoms with E-state index in [-0.39, 0.29) is 24.3 Å². The Kier molecular flexibility index (Phi) is 10.5. The standard InChI is InChI=1S/C23H32N4O4.ClH/c1-3-5-16-30-21-18-20(24-27(21)19-9-7-6-8-10-19)23(29)26-13-11-25(12-14-26)15-17-31-22(28)4-2;/h6-10,18H,3-5,11-17H2,1-2H3;1H. The molecule has 0 saturated carbocycles. The average molecular weight is 465 g/mol. The SMILES string of the molecule is CCCCOc1cc(C(=O)N2CCN(CCOC(=O)CC)CC2)nn1-c1ccccc1.Cl. The third kappa shape index (κ3) is 6.97. The number of nitrogens with zero attached hydrogens (tertiary/aromatic N) is 4. The highest BCUT2D eigenvalue weighted by Gasteiger charge is 2.25. The molecule has 8 nitrogen and oxygen atoms in total. The van der Waals surface area contributed by atoms with E-state index in [1.807, 2.05) is 35.2 Å². The second-order valence-electron chi connectivity index (χ2n) is 7.53. The lowest BCUT2D eigenvalue weighted by Crippen LogP contribution is -2.49. The Morgan fingerprint density at radius 2 is 1.75 bits per heavy atom. The third-order valence-electron chi connectivity index (χ3n) is 5.26. The highest BCUT2D eigenvalue weighted by atomic mass is 35.5. The Balaban J connectivity index is 0.00000363. The van der Waals surface area contributed by atoms with Gasteiger partial charge in [-0.25, -0.2) is 4.68 Å². The molecule has 0 N–H and O–H groups in total. The second kappa shape index (κ2) is 13.1. The molecule has 0 unspecified atom stereocenters. The van der Waals surface area contributed by atoms with E-state index in [2.05, 4.69) is 16.9 Å². The summed E-state index contributed by atoms with van der Waals surface area (Å²) >= 11 is 0. The number of benzene rings is 1. The average Bonchev–Trinajstić information content (AvgIpc) is 3.24. The maximum absolute atomic E-state index is 13.1. The monoisotopic (exact) mass is 464 g/mol. The Morgan fingerprint density at radius 3 is 2.41 bits per heavy atom. The van der Waals surface area contributed by atoms with E-state index in [4.69, 9.17) is 9.47 Å². The summed E-state index contributed by atoms with van der Waals surface area (Å²) in [5, 5.41) is 4.56. The van der Waals surface area contributed by atoms with Gasteiger partial charge in [-0.3, -0.25) is 14.5 Å². The second-order valence-corrected chi connectivity index (χ2v) is 7.53. The summed E-state index contributed by atoms with van der Waals surface area (Å²) in [5.41, 5.74) is 1.25. The van der Waals surface area contributed by atoms with Crippen LogP contribution in [0.5, 0.6) is 5.88 Å². The third-order valence-corrected chi connectivity index (χ3v) is 5.26. The number of carbonyl (C=O) groups excluding carboxylic acids is 2. The van der Waals surface area contributed by atoms with E-state index in [0.29, 0.717) is 50.8 Å². The molecule has 1 aliphatic rings. The minimum atomic E-state index is -0.181. The van der Waals surface area contributed by atoms with Crippen molar-refractivity contribution in [2.45, 2.75) is 33.1 Å². The van der Waals surface area contributed by atoms with Crippen molar-refractivity contribution < 1.29 is 19.1 Å². The van der Waals surface area contributed by atoms with E-state index in [0.717, 1.165) is 31.6 Å². The maximum Gasteiger partial charge on any atom is 0.305 e. The van der Waals surface area contributed by atoms with Gasteiger partial charge in [0.1, 0.15) is 6.61 Å². The molecule has 0 spiro atoms. The molecular weight excluding hydrogens is 432 g/mol. The van der Waals surface area contributed by atoms with Gasteiger partial charge >= 0.3 is 5.97 Å². The van der Waals surface area contributed by atoms with E-state index < -0.39 is 0 Å². The van der Waals surface area contributed by atoms with Crippen molar-refractivity contribution >= 4 is 24.3 Å². The van der Waals surface area contributed by atoms with Crippen LogP contribution in [0.25, 0.3) is 5.69 Å². The zero-order valence-corrected chi connectivity index (χ0v) is 19.7. The van der Waals surface area contributed by atoms with Crippen molar-refractivity contribution in [1.29, 1.82) is 0 Å². The van der Waals surface area contributed by atoms with Crippen molar-refractivity contribution in [3.05, 3.63) is 42.1 Å². The normalized spacial score (nSPS) is 14.0. The number of unbranched alkanes of at least 4 members (excludes halogenated alkanes) is 1. The molecule has 2 heterocycles. The van der Waals surface area contributed by atoms with Crippen LogP contribution in [0.4, 0.5) is 0 Å². The first-order valence-corrected chi connectivity index (χ1v) is 11.1. The van der Waals surface area contributed by atoms with Gasteiger partial charge in [-0.15, -0.1) is 12.4 Å². The smallest absolute Gasteiger partial charge is 0.305 e. The molecule has 1 aromatic heterocycles. The lowest BCUT2D eigenvalue weighted by Gasteiger charge is -2.34. The van der Waals surface area contributed by atoms with Gasteiger partial charge in [-0.1, -0.05) is 38.5 Å². The number of aromatic nitrogens is 2. The lowest BCUT2D eigenvalue weighted by molar-refractivity contribution is -0.143. The van der Waals surface area contributed by atoms with Crippen LogP contribution < -0.4 is 4.74 Å². The molecule has 3 rings (SSSR count). The van der Waals surface area contributed by atoms with Gasteiger partial charge in [-0.05, 0) is 18.6 Å². The van der Waals surface area contributed by atoms with Crippen LogP contribution in [0.15, 0.2) is 36.4 Å². The fourth-order valence-corrected chi connectivity index (χ4v) is 3.37. The molecule has 1 amide bonds. The van der Waals surface area contributed by atoms with Gasteiger partial charge < -0.3 is 14.4 Å². The van der Waals surface area contributed by atoms with E-state index in [9.17, 15) is 9.59 Å². The summed E-state index contributed by atoms with van der Waals surface area (Å²) < 4.78 is 12.8. The van der Waals surface area contributed by atoms with Crippen molar-refractivity contribution in [2.75, 3.05) is 45.9 Å². The highest BCUT2D eigenvalue weighted by Crippen LogP contribution is 2.21. The van der Waals surface area contributed by atoms with Gasteiger partial charge in [0.15, 0.2) is 5.69 Å². The number of piperazine rings is 1. The molecule has 1 aromatic carbocycles. The van der Waals surface area contributed by atoms with E-state index in [1.54, 1.807) is 17.7 Å². The number of hydrogen-bond donors (Lipinski definition) is 0. The van der Waals surface area contributed by atoms with E-state index >= 15 is 0 Å². The van der Waals surface area contributed by atoms with Crippen LogP contribution in [-0.2, 0) is 9.53 Å². The first kappa shape index (κ1) is 25.7. The van der Waals surface area contributed by atoms with Crippen LogP contribution in [0.1, 0.15) is 43.6 Å². The predicted molar refractivity (Wildman–Crippen MR) is 125 cm³/mol. The molecule has 2 aromatic rings. The zero-order valence-electron chi connectivity index (χ0n) is 18.9. The maximum atomic E-state index is 13.1. The first-order chi connectivity index (χ1) is 15.1. The van der Waals surface area contributed by atoms with Crippen LogP contribution in [0, 0.1) is 0 Å². The van der Waals surface area contributed by atoms with Gasteiger partial charge in [0.2, 0.25) is 5.88 Å². The van der Waals surface area contributed by atoms with Crippen molar-refractivity contribution in [3.63, 3.8) is 0 Å². The van der Waals surface area contributed by atoms with Crippen molar-refractivity contribution in [1.82, 2.24) is 19.6 Å². The topological polar surface area (TPSA) is 76.9 Å². The fraction of sp³-hybridized carbons (Fsp3) is 0.522. The molecule has 1 fully saturated rings. The van der Waals surface area contributed by atoms with Crippen LogP contribution in [-0.4, -0.2) is 77.4 Å². The molecule has 0 radical (unpaired) electrons. The summed E-state index contributed by atoms with van der Waals surface area (Å²) in [6, 6.07) is 11.4. The predicted octanol–water partition coefficient (Wildman–Crippen LogP) is 3.18. The number of para-hydroxylation sites is 1. The number of esters is 1. The van der Waals surface area contributed by atoms with E-state index in [1.165, 1.54) is 0 Å². The van der Waals surface area contributed by atoms with Gasteiger partial charge in [-0.2, -0.15) is 5.10 Å². The quantitative estimate of drug-likeness (QED) is 0.397. The molecule has 0 aliphatic carbocycles. The number of amides is 1. The number of carbonyl (C=O) groups is 2. The first-order valence-electron chi connectivity index (χ1n) is 11.1. The Hall–Kier alpha value is -2.58. The molecule has 1 aliphatic heterocycles. The number of hydrogen-bond acceptors (Lipinski definition) is 6. The molecule has 0 bridgehead atoms. The molecule has 1 saturated heterocycles. The van der Waals surface area contributed by atoms with Crippen molar-refractivity contribution in [3.8, 4) is 11.6 Å². The fourth-order valence-electron chi connectivity index (χ4n) is 3.37. The summed E-state index contributed by atoms with van der Waals surface area (Å²) in [6.45, 7) is 8.28. The Labute approximate surface area is 195 Å². The summed E-state index contributed by atoms with van der Waals surface area (Å²) in [6.07, 6.45) is 2.37. The zero-order chi connectivity index (χ0) is 22.1. The Morgan fingerprint density at radius 1 is 1.03 bits per heavy atom. The van der Waals surface area contributed by atoms with Crippen LogP contribution in [0.2, 0.25) is 0 Å². The van der Waals surface area contributed by atoms with Gasteiger partial charge in [0.05, 0.1) is 12.3 Å². The number of ether oxygens (including phenoxy) is 2. The minimum Gasteiger partial charge on any atom is -0.478 e. The number of halogens is 1. The van der Waals surface area contributed by atoms with Gasteiger partial charge in [0, 0.05) is 45.2 Å². The molecule has 176 valence electrons. The number of rotatable bonds is 10. The van der Waals surface area contributed by atoms with Crippen molar-refractivity contribution in [2.24, 2.45) is 0 Å². The molecule has 32 heavy (non-hydrogen) atoms. The minimum absolute atomic E-state index is 0.